The molecule has 1 amide bonds. The van der Waals surface area contributed by atoms with E-state index in [-0.39, 0.29) is 18.3 Å². The summed E-state index contributed by atoms with van der Waals surface area (Å²) in [5, 5.41) is 2.60. The lowest BCUT2D eigenvalue weighted by Crippen LogP contribution is -2.40. The molecule has 0 heterocycles. The Hall–Kier alpha value is -2.68. The first kappa shape index (κ1) is 21.6. The van der Waals surface area contributed by atoms with E-state index in [1.54, 1.807) is 24.3 Å². The van der Waals surface area contributed by atoms with E-state index >= 15 is 0 Å². The summed E-state index contributed by atoms with van der Waals surface area (Å²) in [5.74, 6) is -2.19. The Bertz CT molecular complexity index is 931. The van der Waals surface area contributed by atoms with Gasteiger partial charge in [0.05, 0.1) is 18.0 Å². The summed E-state index contributed by atoms with van der Waals surface area (Å²) in [6.45, 7) is 3.44. The molecule has 1 N–H and O–H groups in total. The smallest absolute Gasteiger partial charge is 0.241 e. The number of carbonyl (C=O) groups excluding carboxylic acids is 1. The third kappa shape index (κ3) is 6.19. The van der Waals surface area contributed by atoms with Crippen LogP contribution in [0.1, 0.15) is 19.4 Å². The molecule has 2 aromatic carbocycles. The van der Waals surface area contributed by atoms with E-state index in [0.29, 0.717) is 10.1 Å². The van der Waals surface area contributed by atoms with Gasteiger partial charge < -0.3 is 10.1 Å². The highest BCUT2D eigenvalue weighted by molar-refractivity contribution is 7.92. The maximum atomic E-state index is 13.4. The maximum Gasteiger partial charge on any atom is 0.241 e. The van der Waals surface area contributed by atoms with Gasteiger partial charge in [0.2, 0.25) is 15.9 Å². The van der Waals surface area contributed by atoms with Crippen LogP contribution in [0.5, 0.6) is 5.75 Å². The first-order chi connectivity index (χ1) is 13.1. The van der Waals surface area contributed by atoms with Gasteiger partial charge in [-0.1, -0.05) is 12.1 Å². The zero-order valence-corrected chi connectivity index (χ0v) is 16.6. The predicted octanol–water partition coefficient (Wildman–Crippen LogP) is 2.83. The minimum atomic E-state index is -3.88. The van der Waals surface area contributed by atoms with E-state index in [1.165, 1.54) is 0 Å². The van der Waals surface area contributed by atoms with Gasteiger partial charge in [-0.15, -0.1) is 0 Å². The van der Waals surface area contributed by atoms with E-state index < -0.39 is 34.1 Å². The largest absolute Gasteiger partial charge is 0.491 e. The third-order valence-corrected chi connectivity index (χ3v) is 4.80. The van der Waals surface area contributed by atoms with Crippen LogP contribution in [0.2, 0.25) is 0 Å². The van der Waals surface area contributed by atoms with Gasteiger partial charge in [0, 0.05) is 12.6 Å². The monoisotopic (exact) mass is 412 g/mol. The van der Waals surface area contributed by atoms with E-state index in [2.05, 4.69) is 5.32 Å². The van der Waals surface area contributed by atoms with Crippen molar-refractivity contribution in [1.82, 2.24) is 5.32 Å². The van der Waals surface area contributed by atoms with Gasteiger partial charge in [-0.3, -0.25) is 9.10 Å². The minimum Gasteiger partial charge on any atom is -0.491 e. The molecule has 9 heteroatoms. The van der Waals surface area contributed by atoms with Crippen LogP contribution in [0.15, 0.2) is 42.5 Å². The Balaban J connectivity index is 2.03. The average Bonchev–Trinajstić information content (AvgIpc) is 2.60. The minimum absolute atomic E-state index is 0.0452. The molecule has 2 rings (SSSR count). The number of hydrogen-bond acceptors (Lipinski definition) is 4. The van der Waals surface area contributed by atoms with Crippen LogP contribution in [0, 0.1) is 11.6 Å². The second-order valence-electron chi connectivity index (χ2n) is 6.46. The second-order valence-corrected chi connectivity index (χ2v) is 8.36. The summed E-state index contributed by atoms with van der Waals surface area (Å²) < 4.78 is 56.7. The van der Waals surface area contributed by atoms with Crippen LogP contribution in [0.3, 0.4) is 0 Å². The molecule has 0 saturated heterocycles. The summed E-state index contributed by atoms with van der Waals surface area (Å²) in [6.07, 6.45) is 0.929. The number of benzene rings is 2. The summed E-state index contributed by atoms with van der Waals surface area (Å²) in [5.41, 5.74) is 0.662. The molecule has 0 fully saturated rings. The fraction of sp³-hybridized carbons (Fsp3) is 0.316. The fourth-order valence-corrected chi connectivity index (χ4v) is 3.23. The highest BCUT2D eigenvalue weighted by atomic mass is 32.2. The summed E-state index contributed by atoms with van der Waals surface area (Å²) >= 11 is 0. The Labute approximate surface area is 163 Å². The van der Waals surface area contributed by atoms with Crippen molar-refractivity contribution in [2.75, 3.05) is 17.1 Å². The molecular weight excluding hydrogens is 390 g/mol. The van der Waals surface area contributed by atoms with Gasteiger partial charge in [0.25, 0.3) is 0 Å². The third-order valence-electron chi connectivity index (χ3n) is 3.66. The van der Waals surface area contributed by atoms with Crippen LogP contribution in [0.25, 0.3) is 0 Å². The van der Waals surface area contributed by atoms with Gasteiger partial charge in [0.15, 0.2) is 11.6 Å². The van der Waals surface area contributed by atoms with Crippen molar-refractivity contribution in [2.24, 2.45) is 0 Å². The number of nitrogens with one attached hydrogen (secondary N) is 1. The van der Waals surface area contributed by atoms with Crippen molar-refractivity contribution in [3.8, 4) is 5.75 Å². The molecule has 2 aromatic rings. The van der Waals surface area contributed by atoms with Crippen molar-refractivity contribution in [3.05, 3.63) is 59.7 Å². The van der Waals surface area contributed by atoms with Crippen molar-refractivity contribution >= 4 is 21.6 Å². The van der Waals surface area contributed by atoms with Crippen molar-refractivity contribution in [3.63, 3.8) is 0 Å². The Morgan fingerprint density at radius 3 is 2.29 bits per heavy atom. The molecule has 0 unspecified atom stereocenters. The molecule has 0 bridgehead atoms. The van der Waals surface area contributed by atoms with Crippen molar-refractivity contribution < 1.29 is 26.7 Å². The molecule has 0 aliphatic carbocycles. The summed E-state index contributed by atoms with van der Waals surface area (Å²) in [6, 6.07) is 9.74. The lowest BCUT2D eigenvalue weighted by atomic mass is 10.2. The Kier molecular flexibility index (Phi) is 6.95. The number of hydrogen-bond donors (Lipinski definition) is 1. The van der Waals surface area contributed by atoms with Crippen LogP contribution in [0.4, 0.5) is 14.5 Å². The van der Waals surface area contributed by atoms with Crippen LogP contribution in [-0.4, -0.2) is 33.2 Å². The Morgan fingerprint density at radius 2 is 1.75 bits per heavy atom. The number of halogens is 2. The number of carbonyl (C=O) groups is 1. The second kappa shape index (κ2) is 9.01. The van der Waals surface area contributed by atoms with Gasteiger partial charge >= 0.3 is 0 Å². The number of anilines is 1. The molecule has 152 valence electrons. The zero-order valence-electron chi connectivity index (χ0n) is 15.8. The van der Waals surface area contributed by atoms with E-state index in [1.807, 2.05) is 13.8 Å². The number of amides is 1. The first-order valence-electron chi connectivity index (χ1n) is 8.51. The zero-order chi connectivity index (χ0) is 20.9. The number of ether oxygens (including phenoxy) is 1. The summed E-state index contributed by atoms with van der Waals surface area (Å²) in [7, 11) is -3.88. The molecule has 6 nitrogen and oxygen atoms in total. The topological polar surface area (TPSA) is 75.7 Å². The highest BCUT2D eigenvalue weighted by Gasteiger charge is 2.22. The quantitative estimate of drug-likeness (QED) is 0.724. The normalized spacial score (nSPS) is 11.4. The van der Waals surface area contributed by atoms with Crippen LogP contribution in [-0.2, 0) is 21.4 Å². The van der Waals surface area contributed by atoms with Gasteiger partial charge in [-0.25, -0.2) is 17.2 Å². The van der Waals surface area contributed by atoms with Crippen LogP contribution < -0.4 is 14.4 Å². The number of sulfonamides is 1. The number of rotatable bonds is 8. The molecule has 0 aliphatic rings. The Morgan fingerprint density at radius 1 is 1.11 bits per heavy atom. The molecule has 28 heavy (non-hydrogen) atoms. The highest BCUT2D eigenvalue weighted by Crippen LogP contribution is 2.20. The molecule has 0 saturated carbocycles. The van der Waals surface area contributed by atoms with E-state index in [0.717, 1.165) is 30.0 Å². The lowest BCUT2D eigenvalue weighted by molar-refractivity contribution is -0.119. The fourth-order valence-electron chi connectivity index (χ4n) is 2.39. The van der Waals surface area contributed by atoms with Gasteiger partial charge in [0.1, 0.15) is 12.3 Å². The predicted molar refractivity (Wildman–Crippen MR) is 103 cm³/mol. The number of nitrogens with zero attached hydrogens (tertiary/aromatic N) is 1. The van der Waals surface area contributed by atoms with Gasteiger partial charge in [-0.05, 0) is 43.7 Å². The van der Waals surface area contributed by atoms with Crippen LogP contribution >= 0.6 is 0 Å². The average molecular weight is 412 g/mol. The molecule has 0 radical (unpaired) electrons. The molecular formula is C19H22F2N2O4S. The van der Waals surface area contributed by atoms with Crippen molar-refractivity contribution in [2.45, 2.75) is 26.5 Å². The standard InChI is InChI=1S/C19H22F2N2O4S/c1-13(2)27-16-7-4-14(5-8-16)11-22-19(24)12-23(28(3,25)26)15-6-9-17(20)18(21)10-15/h4-10,13H,11-12H2,1-3H3,(H,22,24). The molecule has 0 aliphatic heterocycles. The maximum absolute atomic E-state index is 13.4. The molecule has 0 aromatic heterocycles. The first-order valence-corrected chi connectivity index (χ1v) is 10.4. The SMILES string of the molecule is CC(C)Oc1ccc(CNC(=O)CN(c2ccc(F)c(F)c2)S(C)(=O)=O)cc1. The molecule has 0 atom stereocenters. The summed E-state index contributed by atoms with van der Waals surface area (Å²) in [4.78, 5) is 12.2. The lowest BCUT2D eigenvalue weighted by Gasteiger charge is -2.22. The van der Waals surface area contributed by atoms with Crippen molar-refractivity contribution in [1.29, 1.82) is 0 Å². The molecule has 0 spiro atoms. The van der Waals surface area contributed by atoms with E-state index in [9.17, 15) is 22.0 Å². The van der Waals surface area contributed by atoms with Gasteiger partial charge in [-0.2, -0.15) is 0 Å². The van der Waals surface area contributed by atoms with E-state index in [4.69, 9.17) is 4.74 Å².